The van der Waals surface area contributed by atoms with E-state index in [1.807, 2.05) is 43.3 Å². The van der Waals surface area contributed by atoms with Crippen molar-refractivity contribution in [2.75, 3.05) is 5.88 Å². The number of halogens is 3. The minimum atomic E-state index is 0.501. The standard InChI is InChI=1S/C16H13Cl3N2/c1-10-5-6-11(18)9-14(10)21-15(7-8-17)20-13-4-2-3-12(19)16(13)21/h2-6,9H,7-8H2,1H3. The summed E-state index contributed by atoms with van der Waals surface area (Å²) in [5, 5.41) is 1.35. The molecule has 3 aromatic rings. The summed E-state index contributed by atoms with van der Waals surface area (Å²) in [6.45, 7) is 2.04. The third-order valence-corrected chi connectivity index (χ3v) is 4.16. The Bertz CT molecular complexity index is 809. The van der Waals surface area contributed by atoms with E-state index < -0.39 is 0 Å². The van der Waals surface area contributed by atoms with Gasteiger partial charge in [0.15, 0.2) is 0 Å². The fourth-order valence-corrected chi connectivity index (χ4v) is 3.06. The quantitative estimate of drug-likeness (QED) is 0.582. The molecule has 2 nitrogen and oxygen atoms in total. The van der Waals surface area contributed by atoms with Crippen LogP contribution in [0.5, 0.6) is 0 Å². The van der Waals surface area contributed by atoms with Crippen LogP contribution in [0.2, 0.25) is 10.0 Å². The van der Waals surface area contributed by atoms with E-state index in [-0.39, 0.29) is 0 Å². The molecule has 1 heterocycles. The predicted octanol–water partition coefficient (Wildman–Crippen LogP) is 5.42. The Labute approximate surface area is 138 Å². The maximum Gasteiger partial charge on any atom is 0.115 e. The summed E-state index contributed by atoms with van der Waals surface area (Å²) in [7, 11) is 0. The molecule has 0 aliphatic heterocycles. The molecule has 108 valence electrons. The first-order valence-electron chi connectivity index (χ1n) is 6.60. The van der Waals surface area contributed by atoms with Crippen molar-refractivity contribution in [2.24, 2.45) is 0 Å². The zero-order valence-electron chi connectivity index (χ0n) is 11.4. The Morgan fingerprint density at radius 1 is 1.14 bits per heavy atom. The molecular formula is C16H13Cl3N2. The number of hydrogen-bond donors (Lipinski definition) is 0. The van der Waals surface area contributed by atoms with E-state index in [4.69, 9.17) is 34.8 Å². The van der Waals surface area contributed by atoms with Gasteiger partial charge >= 0.3 is 0 Å². The van der Waals surface area contributed by atoms with Crippen molar-refractivity contribution in [2.45, 2.75) is 13.3 Å². The van der Waals surface area contributed by atoms with Gasteiger partial charge in [0, 0.05) is 17.3 Å². The maximum atomic E-state index is 6.39. The smallest absolute Gasteiger partial charge is 0.115 e. The van der Waals surface area contributed by atoms with E-state index in [1.165, 1.54) is 0 Å². The van der Waals surface area contributed by atoms with Crippen molar-refractivity contribution in [3.63, 3.8) is 0 Å². The second kappa shape index (κ2) is 5.88. The molecule has 0 aliphatic carbocycles. The molecule has 0 amide bonds. The number of alkyl halides is 1. The van der Waals surface area contributed by atoms with Gasteiger partial charge < -0.3 is 0 Å². The molecule has 5 heteroatoms. The molecule has 3 rings (SSSR count). The topological polar surface area (TPSA) is 17.8 Å². The average molecular weight is 340 g/mol. The summed E-state index contributed by atoms with van der Waals surface area (Å²) >= 11 is 18.5. The second-order valence-electron chi connectivity index (χ2n) is 4.84. The highest BCUT2D eigenvalue weighted by Crippen LogP contribution is 2.30. The lowest BCUT2D eigenvalue weighted by molar-refractivity contribution is 0.907. The Kier molecular flexibility index (Phi) is 4.12. The van der Waals surface area contributed by atoms with Crippen molar-refractivity contribution in [1.82, 2.24) is 9.55 Å². The van der Waals surface area contributed by atoms with Crippen LogP contribution in [0.4, 0.5) is 0 Å². The number of hydrogen-bond acceptors (Lipinski definition) is 1. The summed E-state index contributed by atoms with van der Waals surface area (Å²) in [6, 6.07) is 11.5. The third kappa shape index (κ3) is 2.64. The van der Waals surface area contributed by atoms with Crippen LogP contribution in [-0.4, -0.2) is 15.4 Å². The molecule has 0 N–H and O–H groups in total. The second-order valence-corrected chi connectivity index (χ2v) is 6.06. The fraction of sp³-hybridized carbons (Fsp3) is 0.188. The monoisotopic (exact) mass is 338 g/mol. The highest BCUT2D eigenvalue weighted by Gasteiger charge is 2.16. The van der Waals surface area contributed by atoms with Crippen LogP contribution < -0.4 is 0 Å². The lowest BCUT2D eigenvalue weighted by atomic mass is 10.2. The van der Waals surface area contributed by atoms with Gasteiger partial charge in [-0.2, -0.15) is 0 Å². The number of fused-ring (bicyclic) bond motifs is 1. The van der Waals surface area contributed by atoms with Crippen molar-refractivity contribution in [1.29, 1.82) is 0 Å². The molecule has 21 heavy (non-hydrogen) atoms. The predicted molar refractivity (Wildman–Crippen MR) is 90.3 cm³/mol. The van der Waals surface area contributed by atoms with Crippen molar-refractivity contribution in [3.8, 4) is 5.69 Å². The zero-order valence-corrected chi connectivity index (χ0v) is 13.7. The first kappa shape index (κ1) is 14.7. The number of imidazole rings is 1. The number of para-hydroxylation sites is 1. The normalized spacial score (nSPS) is 11.2. The van der Waals surface area contributed by atoms with Crippen LogP contribution in [-0.2, 0) is 6.42 Å². The number of aryl methyl sites for hydroxylation is 2. The van der Waals surface area contributed by atoms with Crippen LogP contribution in [0.15, 0.2) is 36.4 Å². The third-order valence-electron chi connectivity index (χ3n) is 3.43. The summed E-state index contributed by atoms with van der Waals surface area (Å²) in [5.74, 6) is 1.39. The molecule has 2 aromatic carbocycles. The largest absolute Gasteiger partial charge is 0.294 e. The van der Waals surface area contributed by atoms with Crippen LogP contribution in [0.3, 0.4) is 0 Å². The molecule has 1 aromatic heterocycles. The van der Waals surface area contributed by atoms with Crippen LogP contribution in [0.1, 0.15) is 11.4 Å². The van der Waals surface area contributed by atoms with E-state index in [2.05, 4.69) is 9.55 Å². The summed E-state index contributed by atoms with van der Waals surface area (Å²) < 4.78 is 2.06. The van der Waals surface area contributed by atoms with Crippen molar-refractivity contribution in [3.05, 3.63) is 57.8 Å². The van der Waals surface area contributed by atoms with Gasteiger partial charge in [-0.15, -0.1) is 11.6 Å². The molecule has 0 fully saturated rings. The summed E-state index contributed by atoms with van der Waals surface area (Å²) in [5.41, 5.74) is 3.85. The van der Waals surface area contributed by atoms with Crippen LogP contribution >= 0.6 is 34.8 Å². The highest BCUT2D eigenvalue weighted by atomic mass is 35.5. The van der Waals surface area contributed by atoms with Gasteiger partial charge in [-0.05, 0) is 36.8 Å². The molecular weight excluding hydrogens is 327 g/mol. The maximum absolute atomic E-state index is 6.39. The van der Waals surface area contributed by atoms with E-state index in [0.29, 0.717) is 22.3 Å². The van der Waals surface area contributed by atoms with Crippen molar-refractivity contribution >= 4 is 45.8 Å². The van der Waals surface area contributed by atoms with Gasteiger partial charge in [0.05, 0.1) is 21.7 Å². The lowest BCUT2D eigenvalue weighted by Crippen LogP contribution is -2.04. The summed E-state index contributed by atoms with van der Waals surface area (Å²) in [4.78, 5) is 4.66. The molecule has 0 unspecified atom stereocenters. The van der Waals surface area contributed by atoms with Gasteiger partial charge in [0.2, 0.25) is 0 Å². The highest BCUT2D eigenvalue weighted by molar-refractivity contribution is 6.35. The van der Waals surface area contributed by atoms with Crippen LogP contribution in [0.25, 0.3) is 16.7 Å². The van der Waals surface area contributed by atoms with Crippen LogP contribution in [0, 0.1) is 6.92 Å². The minimum Gasteiger partial charge on any atom is -0.294 e. The molecule has 0 spiro atoms. The van der Waals surface area contributed by atoms with Gasteiger partial charge in [0.1, 0.15) is 5.82 Å². The zero-order chi connectivity index (χ0) is 15.0. The van der Waals surface area contributed by atoms with Gasteiger partial charge in [-0.25, -0.2) is 4.98 Å². The Hall–Kier alpha value is -1.22. The number of nitrogens with zero attached hydrogens (tertiary/aromatic N) is 2. The molecule has 0 atom stereocenters. The minimum absolute atomic E-state index is 0.501. The number of aromatic nitrogens is 2. The number of rotatable bonds is 3. The molecule has 0 bridgehead atoms. The van der Waals surface area contributed by atoms with Gasteiger partial charge in [-0.1, -0.05) is 35.3 Å². The van der Waals surface area contributed by atoms with E-state index in [0.717, 1.165) is 28.1 Å². The van der Waals surface area contributed by atoms with Gasteiger partial charge in [-0.3, -0.25) is 4.57 Å². The lowest BCUT2D eigenvalue weighted by Gasteiger charge is -2.13. The van der Waals surface area contributed by atoms with Gasteiger partial charge in [0.25, 0.3) is 0 Å². The Morgan fingerprint density at radius 3 is 2.71 bits per heavy atom. The average Bonchev–Trinajstić information content (AvgIpc) is 2.81. The molecule has 0 saturated heterocycles. The van der Waals surface area contributed by atoms with E-state index in [1.54, 1.807) is 0 Å². The Balaban J connectivity index is 2.38. The molecule has 0 aliphatic rings. The summed E-state index contributed by atoms with van der Waals surface area (Å²) in [6.07, 6.45) is 0.665. The SMILES string of the molecule is Cc1ccc(Cl)cc1-n1c(CCCl)nc2cccc(Cl)c21. The molecule has 0 saturated carbocycles. The number of benzene rings is 2. The van der Waals surface area contributed by atoms with E-state index >= 15 is 0 Å². The van der Waals surface area contributed by atoms with Crippen molar-refractivity contribution < 1.29 is 0 Å². The Morgan fingerprint density at radius 2 is 1.95 bits per heavy atom. The first-order chi connectivity index (χ1) is 10.1. The fourth-order valence-electron chi connectivity index (χ4n) is 2.47. The van der Waals surface area contributed by atoms with E-state index in [9.17, 15) is 0 Å². The first-order valence-corrected chi connectivity index (χ1v) is 7.89. The molecule has 0 radical (unpaired) electrons.